The molecule has 1 fully saturated rings. The highest BCUT2D eigenvalue weighted by atomic mass is 35.5. The van der Waals surface area contributed by atoms with Crippen LogP contribution in [0, 0.1) is 0 Å². The van der Waals surface area contributed by atoms with E-state index >= 15 is 0 Å². The number of amides is 1. The van der Waals surface area contributed by atoms with Gasteiger partial charge in [-0.15, -0.1) is 11.8 Å². The van der Waals surface area contributed by atoms with Gasteiger partial charge in [-0.2, -0.15) is 0 Å². The molecule has 1 N–H and O–H groups in total. The Hall–Kier alpha value is -1.53. The van der Waals surface area contributed by atoms with Gasteiger partial charge in [0.25, 0.3) is 0 Å². The molecule has 1 saturated heterocycles. The Balaban J connectivity index is 1.58. The second kappa shape index (κ2) is 10.5. The number of nitrogens with one attached hydrogen (secondary N) is 1. The van der Waals surface area contributed by atoms with Gasteiger partial charge >= 0.3 is 0 Å². The first-order chi connectivity index (χ1) is 14.0. The normalized spacial score (nSPS) is 16.4. The number of thioether (sulfide) groups is 1. The molecule has 2 aromatic rings. The molecule has 2 aromatic carbocycles. The molecule has 0 bridgehead atoms. The average molecular weight is 433 g/mol. The van der Waals surface area contributed by atoms with Gasteiger partial charge in [-0.05, 0) is 37.1 Å². The number of rotatable bonds is 8. The maximum Gasteiger partial charge on any atom is 0.230 e. The van der Waals surface area contributed by atoms with Crippen molar-refractivity contribution in [3.8, 4) is 0 Å². The maximum absolute atomic E-state index is 12.6. The van der Waals surface area contributed by atoms with Crippen molar-refractivity contribution in [1.29, 1.82) is 0 Å². The zero-order chi connectivity index (χ0) is 20.7. The number of morpholine rings is 1. The van der Waals surface area contributed by atoms with E-state index < -0.39 is 0 Å². The molecule has 0 spiro atoms. The molecule has 29 heavy (non-hydrogen) atoms. The Bertz CT molecular complexity index is 777. The second-order valence-electron chi connectivity index (χ2n) is 7.84. The van der Waals surface area contributed by atoms with Crippen molar-refractivity contribution in [2.75, 3.05) is 38.6 Å². The minimum atomic E-state index is -0.0842. The zero-order valence-corrected chi connectivity index (χ0v) is 18.6. The zero-order valence-electron chi connectivity index (χ0n) is 17.1. The van der Waals surface area contributed by atoms with E-state index in [1.54, 1.807) is 11.8 Å². The van der Waals surface area contributed by atoms with Gasteiger partial charge in [-0.3, -0.25) is 9.69 Å². The minimum absolute atomic E-state index is 0.0613. The van der Waals surface area contributed by atoms with E-state index in [4.69, 9.17) is 16.3 Å². The number of hydrogen-bond acceptors (Lipinski definition) is 4. The van der Waals surface area contributed by atoms with Crippen molar-refractivity contribution in [3.63, 3.8) is 0 Å². The lowest BCUT2D eigenvalue weighted by molar-refractivity contribution is -0.119. The van der Waals surface area contributed by atoms with Crippen LogP contribution in [0.4, 0.5) is 0 Å². The van der Waals surface area contributed by atoms with Crippen molar-refractivity contribution in [2.24, 2.45) is 0 Å². The third-order valence-electron chi connectivity index (χ3n) is 5.24. The number of carbonyl (C=O) groups is 1. The van der Waals surface area contributed by atoms with Gasteiger partial charge in [-0.1, -0.05) is 54.1 Å². The summed E-state index contributed by atoms with van der Waals surface area (Å²) in [5, 5.41) is 3.93. The number of halogens is 1. The molecule has 0 aromatic heterocycles. The first-order valence-electron chi connectivity index (χ1n) is 9.97. The Morgan fingerprint density at radius 2 is 1.72 bits per heavy atom. The molecule has 1 aliphatic rings. The summed E-state index contributed by atoms with van der Waals surface area (Å²) in [6, 6.07) is 18.1. The molecule has 1 unspecified atom stereocenters. The molecule has 1 atom stereocenters. The molecule has 0 saturated carbocycles. The monoisotopic (exact) mass is 432 g/mol. The van der Waals surface area contributed by atoms with E-state index in [1.165, 1.54) is 5.56 Å². The summed E-state index contributed by atoms with van der Waals surface area (Å²) in [5.74, 6) is 0.465. The number of benzene rings is 2. The van der Waals surface area contributed by atoms with Crippen LogP contribution in [0.3, 0.4) is 0 Å². The van der Waals surface area contributed by atoms with Gasteiger partial charge in [0.15, 0.2) is 0 Å². The van der Waals surface area contributed by atoms with Crippen LogP contribution >= 0.6 is 23.4 Å². The topological polar surface area (TPSA) is 41.6 Å². The van der Waals surface area contributed by atoms with E-state index in [0.717, 1.165) is 31.9 Å². The van der Waals surface area contributed by atoms with Crippen LogP contribution in [0.15, 0.2) is 54.6 Å². The van der Waals surface area contributed by atoms with Crippen molar-refractivity contribution in [3.05, 3.63) is 70.7 Å². The Labute approximate surface area is 183 Å². The fourth-order valence-corrected chi connectivity index (χ4v) is 4.70. The summed E-state index contributed by atoms with van der Waals surface area (Å²) in [4.78, 5) is 15.0. The fraction of sp³-hybridized carbons (Fsp3) is 0.435. The largest absolute Gasteiger partial charge is 0.379 e. The van der Waals surface area contributed by atoms with Crippen LogP contribution < -0.4 is 5.32 Å². The SMILES string of the molecule is CC(C)(CNC(=O)CSC(c1ccccc1)c1ccc(Cl)cc1)N1CCOCC1. The number of hydrogen-bond donors (Lipinski definition) is 1. The van der Waals surface area contributed by atoms with Gasteiger partial charge in [0, 0.05) is 30.2 Å². The Morgan fingerprint density at radius 1 is 1.10 bits per heavy atom. The van der Waals surface area contributed by atoms with E-state index in [2.05, 4.69) is 36.2 Å². The predicted octanol–water partition coefficient (Wildman–Crippen LogP) is 4.39. The van der Waals surface area contributed by atoms with Gasteiger partial charge < -0.3 is 10.1 Å². The maximum atomic E-state index is 12.6. The lowest BCUT2D eigenvalue weighted by Crippen LogP contribution is -2.55. The molecule has 1 aliphatic heterocycles. The molecule has 6 heteroatoms. The van der Waals surface area contributed by atoms with E-state index in [9.17, 15) is 4.79 Å². The third kappa shape index (κ3) is 6.48. The second-order valence-corrected chi connectivity index (χ2v) is 9.37. The predicted molar refractivity (Wildman–Crippen MR) is 122 cm³/mol. The number of carbonyl (C=O) groups excluding carboxylic acids is 1. The van der Waals surface area contributed by atoms with Gasteiger partial charge in [-0.25, -0.2) is 0 Å². The highest BCUT2D eigenvalue weighted by molar-refractivity contribution is 8.00. The van der Waals surface area contributed by atoms with Crippen LogP contribution in [0.5, 0.6) is 0 Å². The summed E-state index contributed by atoms with van der Waals surface area (Å²) >= 11 is 7.69. The van der Waals surface area contributed by atoms with E-state index in [0.29, 0.717) is 17.3 Å². The summed E-state index contributed by atoms with van der Waals surface area (Å²) < 4.78 is 5.44. The van der Waals surface area contributed by atoms with Crippen molar-refractivity contribution in [2.45, 2.75) is 24.6 Å². The van der Waals surface area contributed by atoms with E-state index in [1.807, 2.05) is 42.5 Å². The van der Waals surface area contributed by atoms with Gasteiger partial charge in [0.2, 0.25) is 5.91 Å². The summed E-state index contributed by atoms with van der Waals surface area (Å²) in [7, 11) is 0. The van der Waals surface area contributed by atoms with Crippen molar-refractivity contribution >= 4 is 29.3 Å². The molecule has 1 amide bonds. The van der Waals surface area contributed by atoms with Crippen molar-refractivity contribution in [1.82, 2.24) is 10.2 Å². The highest BCUT2D eigenvalue weighted by Crippen LogP contribution is 2.35. The smallest absolute Gasteiger partial charge is 0.230 e. The summed E-state index contributed by atoms with van der Waals surface area (Å²) in [6.45, 7) is 8.30. The molecule has 156 valence electrons. The lowest BCUT2D eigenvalue weighted by Gasteiger charge is -2.40. The standard InChI is InChI=1S/C23H29ClN2O2S/c1-23(2,26-12-14-28-15-13-26)17-25-21(27)16-29-22(18-6-4-3-5-7-18)19-8-10-20(24)11-9-19/h3-11,22H,12-17H2,1-2H3,(H,25,27). The molecular formula is C23H29ClN2O2S. The first kappa shape index (κ1) is 22.2. The van der Waals surface area contributed by atoms with Crippen LogP contribution in [0.25, 0.3) is 0 Å². The first-order valence-corrected chi connectivity index (χ1v) is 11.4. The van der Waals surface area contributed by atoms with Crippen LogP contribution in [0.1, 0.15) is 30.2 Å². The minimum Gasteiger partial charge on any atom is -0.379 e. The fourth-order valence-electron chi connectivity index (χ4n) is 3.46. The van der Waals surface area contributed by atoms with E-state index in [-0.39, 0.29) is 16.7 Å². The Kier molecular flexibility index (Phi) is 8.01. The molecule has 1 heterocycles. The summed E-state index contributed by atoms with van der Waals surface area (Å²) in [5.41, 5.74) is 2.24. The Morgan fingerprint density at radius 3 is 2.38 bits per heavy atom. The quantitative estimate of drug-likeness (QED) is 0.671. The number of ether oxygens (including phenoxy) is 1. The molecule has 0 aliphatic carbocycles. The van der Waals surface area contributed by atoms with Crippen LogP contribution in [-0.4, -0.2) is 54.9 Å². The molecule has 4 nitrogen and oxygen atoms in total. The van der Waals surface area contributed by atoms with Gasteiger partial charge in [0.1, 0.15) is 0 Å². The van der Waals surface area contributed by atoms with Crippen molar-refractivity contribution < 1.29 is 9.53 Å². The van der Waals surface area contributed by atoms with Crippen LogP contribution in [-0.2, 0) is 9.53 Å². The lowest BCUT2D eigenvalue weighted by atomic mass is 10.0. The third-order valence-corrected chi connectivity index (χ3v) is 6.80. The average Bonchev–Trinajstić information content (AvgIpc) is 2.75. The molecule has 3 rings (SSSR count). The highest BCUT2D eigenvalue weighted by Gasteiger charge is 2.28. The number of nitrogens with zero attached hydrogens (tertiary/aromatic N) is 1. The summed E-state index contributed by atoms with van der Waals surface area (Å²) in [6.07, 6.45) is 0. The molecule has 0 radical (unpaired) electrons. The molecular weight excluding hydrogens is 404 g/mol. The van der Waals surface area contributed by atoms with Crippen LogP contribution in [0.2, 0.25) is 5.02 Å². The van der Waals surface area contributed by atoms with Gasteiger partial charge in [0.05, 0.1) is 24.2 Å².